The Hall–Kier alpha value is 0.110. The third-order valence-corrected chi connectivity index (χ3v) is 2.87. The predicted molar refractivity (Wildman–Crippen MR) is 41.3 cm³/mol. The lowest BCUT2D eigenvalue weighted by Gasteiger charge is -2.21. The van der Waals surface area contributed by atoms with E-state index in [4.69, 9.17) is 0 Å². The number of rotatable bonds is 1. The maximum atomic E-state index is 12.3. The van der Waals surface area contributed by atoms with Gasteiger partial charge in [0, 0.05) is 5.41 Å². The fraction of sp³-hybridized carbons (Fsp3) is 1.00. The van der Waals surface area contributed by atoms with Crippen molar-refractivity contribution in [3.8, 4) is 0 Å². The van der Waals surface area contributed by atoms with E-state index in [1.54, 1.807) is 0 Å². The standard InChI is InChI=1S/C7H11F2N.ClH/c8-6(9)7-1-2-10-4-5(7)3-7;/h5-6,10H,1-4H2;1H. The van der Waals surface area contributed by atoms with Crippen LogP contribution in [0.4, 0.5) is 8.78 Å². The summed E-state index contributed by atoms with van der Waals surface area (Å²) in [6, 6.07) is 0. The van der Waals surface area contributed by atoms with Crippen molar-refractivity contribution in [2.75, 3.05) is 13.1 Å². The molecule has 0 aromatic rings. The molecule has 1 saturated heterocycles. The van der Waals surface area contributed by atoms with Crippen LogP contribution in [-0.2, 0) is 0 Å². The molecule has 0 amide bonds. The molecule has 0 radical (unpaired) electrons. The third-order valence-electron chi connectivity index (χ3n) is 2.87. The van der Waals surface area contributed by atoms with Gasteiger partial charge in [-0.2, -0.15) is 0 Å². The first-order valence-corrected chi connectivity index (χ1v) is 3.74. The van der Waals surface area contributed by atoms with Crippen molar-refractivity contribution in [2.24, 2.45) is 11.3 Å². The van der Waals surface area contributed by atoms with E-state index in [9.17, 15) is 8.78 Å². The van der Waals surface area contributed by atoms with Crippen LogP contribution in [0.2, 0.25) is 0 Å². The van der Waals surface area contributed by atoms with Gasteiger partial charge in [0.25, 0.3) is 0 Å². The van der Waals surface area contributed by atoms with Gasteiger partial charge in [-0.25, -0.2) is 8.78 Å². The minimum Gasteiger partial charge on any atom is -0.316 e. The fourth-order valence-corrected chi connectivity index (χ4v) is 1.96. The fourth-order valence-electron chi connectivity index (χ4n) is 1.96. The molecule has 1 aliphatic carbocycles. The van der Waals surface area contributed by atoms with Crippen molar-refractivity contribution >= 4 is 12.4 Å². The Labute approximate surface area is 71.0 Å². The van der Waals surface area contributed by atoms with E-state index in [0.717, 1.165) is 19.5 Å². The molecule has 0 aromatic carbocycles. The largest absolute Gasteiger partial charge is 0.316 e. The summed E-state index contributed by atoms with van der Waals surface area (Å²) in [7, 11) is 0. The number of fused-ring (bicyclic) bond motifs is 1. The smallest absolute Gasteiger partial charge is 0.244 e. The summed E-state index contributed by atoms with van der Waals surface area (Å²) < 4.78 is 24.6. The Morgan fingerprint density at radius 2 is 2.18 bits per heavy atom. The summed E-state index contributed by atoms with van der Waals surface area (Å²) in [5.41, 5.74) is -0.550. The Bertz CT molecular complexity index is 153. The van der Waals surface area contributed by atoms with Crippen molar-refractivity contribution in [1.29, 1.82) is 0 Å². The quantitative estimate of drug-likeness (QED) is 0.652. The molecule has 0 spiro atoms. The molecule has 1 nitrogen and oxygen atoms in total. The second-order valence-corrected chi connectivity index (χ2v) is 3.39. The molecule has 1 saturated carbocycles. The number of piperidine rings is 1. The lowest BCUT2D eigenvalue weighted by atomic mass is 9.97. The molecule has 1 heterocycles. The van der Waals surface area contributed by atoms with Crippen LogP contribution in [0.1, 0.15) is 12.8 Å². The maximum absolute atomic E-state index is 12.3. The first-order valence-electron chi connectivity index (χ1n) is 3.74. The molecule has 66 valence electrons. The van der Waals surface area contributed by atoms with Crippen molar-refractivity contribution in [3.05, 3.63) is 0 Å². The van der Waals surface area contributed by atoms with E-state index in [0.29, 0.717) is 6.42 Å². The van der Waals surface area contributed by atoms with Gasteiger partial charge in [-0.05, 0) is 31.8 Å². The highest BCUT2D eigenvalue weighted by atomic mass is 35.5. The van der Waals surface area contributed by atoms with Crippen molar-refractivity contribution < 1.29 is 8.78 Å². The molecule has 2 atom stereocenters. The topological polar surface area (TPSA) is 12.0 Å². The number of alkyl halides is 2. The van der Waals surface area contributed by atoms with E-state index in [-0.39, 0.29) is 18.3 Å². The summed E-state index contributed by atoms with van der Waals surface area (Å²) in [5, 5.41) is 3.12. The number of hydrogen-bond donors (Lipinski definition) is 1. The monoisotopic (exact) mass is 183 g/mol. The van der Waals surface area contributed by atoms with Gasteiger partial charge in [0.15, 0.2) is 0 Å². The summed E-state index contributed by atoms with van der Waals surface area (Å²) >= 11 is 0. The van der Waals surface area contributed by atoms with Crippen LogP contribution in [0.5, 0.6) is 0 Å². The van der Waals surface area contributed by atoms with Gasteiger partial charge in [-0.3, -0.25) is 0 Å². The molecule has 2 fully saturated rings. The van der Waals surface area contributed by atoms with Crippen LogP contribution in [-0.4, -0.2) is 19.5 Å². The minimum atomic E-state index is -2.08. The second kappa shape index (κ2) is 2.87. The molecule has 2 rings (SSSR count). The lowest BCUT2D eigenvalue weighted by molar-refractivity contribution is 0.0397. The van der Waals surface area contributed by atoms with Gasteiger partial charge in [0.1, 0.15) is 0 Å². The average Bonchev–Trinajstić information content (AvgIpc) is 2.61. The highest BCUT2D eigenvalue weighted by Gasteiger charge is 2.60. The molecule has 0 aromatic heterocycles. The average molecular weight is 184 g/mol. The van der Waals surface area contributed by atoms with E-state index in [1.807, 2.05) is 0 Å². The highest BCUT2D eigenvalue weighted by Crippen LogP contribution is 2.59. The summed E-state index contributed by atoms with van der Waals surface area (Å²) in [4.78, 5) is 0. The Kier molecular flexibility index (Phi) is 2.40. The normalized spacial score (nSPS) is 41.2. The van der Waals surface area contributed by atoms with Crippen LogP contribution in [0.3, 0.4) is 0 Å². The molecule has 11 heavy (non-hydrogen) atoms. The predicted octanol–water partition coefficient (Wildman–Crippen LogP) is 1.67. The van der Waals surface area contributed by atoms with Crippen LogP contribution in [0.15, 0.2) is 0 Å². The Morgan fingerprint density at radius 3 is 2.64 bits per heavy atom. The molecule has 2 unspecified atom stereocenters. The molecule has 4 heteroatoms. The van der Waals surface area contributed by atoms with E-state index in [2.05, 4.69) is 5.32 Å². The van der Waals surface area contributed by atoms with E-state index < -0.39 is 11.8 Å². The maximum Gasteiger partial charge on any atom is 0.244 e. The molecule has 2 aliphatic rings. The van der Waals surface area contributed by atoms with E-state index >= 15 is 0 Å². The molecular weight excluding hydrogens is 172 g/mol. The Balaban J connectivity index is 0.000000605. The number of halogens is 3. The van der Waals surface area contributed by atoms with Gasteiger partial charge < -0.3 is 5.32 Å². The zero-order valence-electron chi connectivity index (χ0n) is 6.15. The Morgan fingerprint density at radius 1 is 1.45 bits per heavy atom. The van der Waals surface area contributed by atoms with Crippen LogP contribution in [0.25, 0.3) is 0 Å². The zero-order valence-corrected chi connectivity index (χ0v) is 6.96. The van der Waals surface area contributed by atoms with Crippen molar-refractivity contribution in [1.82, 2.24) is 5.32 Å². The second-order valence-electron chi connectivity index (χ2n) is 3.39. The van der Waals surface area contributed by atoms with Gasteiger partial charge in [0.2, 0.25) is 6.43 Å². The molecular formula is C7H12ClF2N. The first kappa shape index (κ1) is 9.20. The number of hydrogen-bond acceptors (Lipinski definition) is 1. The van der Waals surface area contributed by atoms with Gasteiger partial charge >= 0.3 is 0 Å². The third kappa shape index (κ3) is 1.25. The highest BCUT2D eigenvalue weighted by molar-refractivity contribution is 5.85. The van der Waals surface area contributed by atoms with E-state index in [1.165, 1.54) is 0 Å². The van der Waals surface area contributed by atoms with Gasteiger partial charge in [-0.15, -0.1) is 12.4 Å². The number of nitrogens with one attached hydrogen (secondary N) is 1. The van der Waals surface area contributed by atoms with Crippen LogP contribution < -0.4 is 5.32 Å². The summed E-state index contributed by atoms with van der Waals surface area (Å²) in [6.07, 6.45) is -0.660. The zero-order chi connectivity index (χ0) is 7.19. The summed E-state index contributed by atoms with van der Waals surface area (Å²) in [6.45, 7) is 1.59. The van der Waals surface area contributed by atoms with Crippen LogP contribution >= 0.6 is 12.4 Å². The first-order chi connectivity index (χ1) is 4.76. The minimum absolute atomic E-state index is 0. The van der Waals surface area contributed by atoms with Gasteiger partial charge in [-0.1, -0.05) is 0 Å². The van der Waals surface area contributed by atoms with Gasteiger partial charge in [0.05, 0.1) is 0 Å². The molecule has 0 bridgehead atoms. The lowest BCUT2D eigenvalue weighted by Crippen LogP contribution is -2.32. The SMILES string of the molecule is Cl.FC(F)C12CCNCC1C2. The van der Waals surface area contributed by atoms with Crippen molar-refractivity contribution in [3.63, 3.8) is 0 Å². The van der Waals surface area contributed by atoms with Crippen LogP contribution in [0, 0.1) is 11.3 Å². The van der Waals surface area contributed by atoms with Crippen molar-refractivity contribution in [2.45, 2.75) is 19.3 Å². The molecule has 1 N–H and O–H groups in total. The molecule has 1 aliphatic heterocycles. The summed E-state index contributed by atoms with van der Waals surface area (Å²) in [5.74, 6) is 0.279.